The van der Waals surface area contributed by atoms with Crippen LogP contribution in [0.2, 0.25) is 0 Å². The van der Waals surface area contributed by atoms with Crippen molar-refractivity contribution in [2.24, 2.45) is 23.7 Å². The maximum absolute atomic E-state index is 4.53. The Kier molecular flexibility index (Phi) is 3.70. The second-order valence-corrected chi connectivity index (χ2v) is 8.17. The highest BCUT2D eigenvalue weighted by Crippen LogP contribution is 2.58. The zero-order chi connectivity index (χ0) is 15.9. The molecule has 0 spiro atoms. The smallest absolute Gasteiger partial charge is 0.0659 e. The molecule has 126 valence electrons. The molecule has 0 radical (unpaired) electrons. The van der Waals surface area contributed by atoms with Gasteiger partial charge in [-0.05, 0) is 54.9 Å². The molecule has 5 rings (SSSR count). The van der Waals surface area contributed by atoms with E-state index in [2.05, 4.69) is 51.6 Å². The van der Waals surface area contributed by atoms with Gasteiger partial charge in [0.15, 0.2) is 0 Å². The van der Waals surface area contributed by atoms with Gasteiger partial charge in [-0.25, -0.2) is 0 Å². The lowest BCUT2D eigenvalue weighted by atomic mass is 9.79. The van der Waals surface area contributed by atoms with Crippen molar-refractivity contribution < 1.29 is 0 Å². The first-order valence-corrected chi connectivity index (χ1v) is 9.65. The Hall–Kier alpha value is -1.61. The Labute approximate surface area is 144 Å². The van der Waals surface area contributed by atoms with Crippen LogP contribution >= 0.6 is 0 Å². The van der Waals surface area contributed by atoms with Crippen molar-refractivity contribution in [3.05, 3.63) is 53.9 Å². The molecule has 1 heterocycles. The zero-order valence-electron chi connectivity index (χ0n) is 14.3. The molecule has 24 heavy (non-hydrogen) atoms. The van der Waals surface area contributed by atoms with E-state index in [-0.39, 0.29) is 0 Å². The molecule has 1 aromatic carbocycles. The maximum Gasteiger partial charge on any atom is 0.0659 e. The van der Waals surface area contributed by atoms with Crippen LogP contribution in [0.25, 0.3) is 0 Å². The lowest BCUT2D eigenvalue weighted by Crippen LogP contribution is -2.38. The SMILES string of the molecule is c1ccc(Cn2cc(CNC3CC4CC3C3CCCC43)cn2)cc1. The minimum atomic E-state index is 0.756. The maximum atomic E-state index is 4.53. The summed E-state index contributed by atoms with van der Waals surface area (Å²) in [5.41, 5.74) is 2.62. The average Bonchev–Trinajstić information content (AvgIpc) is 3.36. The highest BCUT2D eigenvalue weighted by molar-refractivity contribution is 5.16. The average molecular weight is 321 g/mol. The lowest BCUT2D eigenvalue weighted by Gasteiger charge is -2.32. The Balaban J connectivity index is 1.18. The summed E-state index contributed by atoms with van der Waals surface area (Å²) in [4.78, 5) is 0. The number of nitrogens with one attached hydrogen (secondary N) is 1. The summed E-state index contributed by atoms with van der Waals surface area (Å²) in [5, 5.41) is 8.40. The van der Waals surface area contributed by atoms with Crippen LogP contribution in [0.1, 0.15) is 43.2 Å². The van der Waals surface area contributed by atoms with Gasteiger partial charge in [0.2, 0.25) is 0 Å². The molecule has 3 aliphatic carbocycles. The first-order chi connectivity index (χ1) is 11.9. The van der Waals surface area contributed by atoms with E-state index in [1.165, 1.54) is 43.2 Å². The van der Waals surface area contributed by atoms with Gasteiger partial charge in [0.05, 0.1) is 12.7 Å². The second kappa shape index (κ2) is 6.03. The summed E-state index contributed by atoms with van der Waals surface area (Å²) in [6, 6.07) is 11.3. The van der Waals surface area contributed by atoms with Crippen LogP contribution in [0.15, 0.2) is 42.7 Å². The van der Waals surface area contributed by atoms with Crippen LogP contribution in [-0.4, -0.2) is 15.8 Å². The highest BCUT2D eigenvalue weighted by atomic mass is 15.3. The van der Waals surface area contributed by atoms with E-state index in [1.807, 2.05) is 6.20 Å². The van der Waals surface area contributed by atoms with Crippen molar-refractivity contribution in [3.8, 4) is 0 Å². The normalized spacial score (nSPS) is 33.9. The highest BCUT2D eigenvalue weighted by Gasteiger charge is 2.53. The van der Waals surface area contributed by atoms with Gasteiger partial charge in [0.1, 0.15) is 0 Å². The second-order valence-electron chi connectivity index (χ2n) is 8.17. The number of hydrogen-bond acceptors (Lipinski definition) is 2. The molecular formula is C21H27N3. The molecule has 1 N–H and O–H groups in total. The third-order valence-corrected chi connectivity index (χ3v) is 6.87. The molecule has 0 aliphatic heterocycles. The van der Waals surface area contributed by atoms with Crippen LogP contribution in [0.5, 0.6) is 0 Å². The van der Waals surface area contributed by atoms with Crippen molar-refractivity contribution in [2.75, 3.05) is 0 Å². The van der Waals surface area contributed by atoms with Crippen molar-refractivity contribution in [1.82, 2.24) is 15.1 Å². The molecule has 2 aromatic rings. The lowest BCUT2D eigenvalue weighted by molar-refractivity contribution is 0.208. The first kappa shape index (κ1) is 14.7. The fourth-order valence-corrected chi connectivity index (χ4v) is 5.91. The minimum Gasteiger partial charge on any atom is -0.310 e. The quantitative estimate of drug-likeness (QED) is 0.906. The van der Waals surface area contributed by atoms with E-state index in [0.717, 1.165) is 42.8 Å². The van der Waals surface area contributed by atoms with Crippen LogP contribution in [0, 0.1) is 23.7 Å². The summed E-state index contributed by atoms with van der Waals surface area (Å²) in [6.07, 6.45) is 11.7. The van der Waals surface area contributed by atoms with E-state index in [4.69, 9.17) is 0 Å². The van der Waals surface area contributed by atoms with Crippen molar-refractivity contribution in [2.45, 2.75) is 51.2 Å². The van der Waals surface area contributed by atoms with Gasteiger partial charge >= 0.3 is 0 Å². The van der Waals surface area contributed by atoms with E-state index in [1.54, 1.807) is 0 Å². The van der Waals surface area contributed by atoms with Crippen LogP contribution in [0.4, 0.5) is 0 Å². The summed E-state index contributed by atoms with van der Waals surface area (Å²) >= 11 is 0. The van der Waals surface area contributed by atoms with Crippen LogP contribution < -0.4 is 5.32 Å². The van der Waals surface area contributed by atoms with Gasteiger partial charge in [-0.1, -0.05) is 36.8 Å². The number of aromatic nitrogens is 2. The number of fused-ring (bicyclic) bond motifs is 5. The van der Waals surface area contributed by atoms with E-state index < -0.39 is 0 Å². The molecular weight excluding hydrogens is 294 g/mol. The number of benzene rings is 1. The summed E-state index contributed by atoms with van der Waals surface area (Å²) in [7, 11) is 0. The molecule has 3 saturated carbocycles. The van der Waals surface area contributed by atoms with Gasteiger partial charge in [-0.2, -0.15) is 5.10 Å². The molecule has 5 unspecified atom stereocenters. The standard InChI is InChI=1S/C21H27N3/c1-2-5-15(6-3-1)13-24-14-16(12-23-24)11-22-21-10-17-9-20(21)19-8-4-7-18(17)19/h1-3,5-6,12,14,17-22H,4,7-11,13H2. The molecule has 3 heteroatoms. The van der Waals surface area contributed by atoms with E-state index in [9.17, 15) is 0 Å². The topological polar surface area (TPSA) is 29.9 Å². The predicted octanol–water partition coefficient (Wildman–Crippen LogP) is 3.85. The third kappa shape index (κ3) is 2.59. The Bertz CT molecular complexity index is 692. The molecule has 5 atom stereocenters. The van der Waals surface area contributed by atoms with Crippen molar-refractivity contribution in [3.63, 3.8) is 0 Å². The molecule has 1 aromatic heterocycles. The molecule has 3 fully saturated rings. The molecule has 3 nitrogen and oxygen atoms in total. The van der Waals surface area contributed by atoms with Gasteiger partial charge in [-0.3, -0.25) is 4.68 Å². The van der Waals surface area contributed by atoms with Gasteiger partial charge in [0, 0.05) is 24.3 Å². The summed E-state index contributed by atoms with van der Waals surface area (Å²) < 4.78 is 2.06. The Morgan fingerprint density at radius 1 is 1.00 bits per heavy atom. The predicted molar refractivity (Wildman–Crippen MR) is 95.4 cm³/mol. The summed E-state index contributed by atoms with van der Waals surface area (Å²) in [5.74, 6) is 4.12. The van der Waals surface area contributed by atoms with Crippen LogP contribution in [0.3, 0.4) is 0 Å². The van der Waals surface area contributed by atoms with Gasteiger partial charge in [0.25, 0.3) is 0 Å². The summed E-state index contributed by atoms with van der Waals surface area (Å²) in [6.45, 7) is 1.83. The first-order valence-electron chi connectivity index (χ1n) is 9.65. The number of rotatable bonds is 5. The molecule has 2 bridgehead atoms. The number of nitrogens with zero attached hydrogens (tertiary/aromatic N) is 2. The Morgan fingerprint density at radius 2 is 1.88 bits per heavy atom. The van der Waals surface area contributed by atoms with Gasteiger partial charge < -0.3 is 5.32 Å². The zero-order valence-corrected chi connectivity index (χ0v) is 14.3. The molecule has 3 aliphatic rings. The van der Waals surface area contributed by atoms with E-state index in [0.29, 0.717) is 0 Å². The monoisotopic (exact) mass is 321 g/mol. The minimum absolute atomic E-state index is 0.756. The molecule has 0 saturated heterocycles. The van der Waals surface area contributed by atoms with E-state index >= 15 is 0 Å². The molecule has 0 amide bonds. The fourth-order valence-electron chi connectivity index (χ4n) is 5.91. The largest absolute Gasteiger partial charge is 0.310 e. The number of hydrogen-bond donors (Lipinski definition) is 1. The van der Waals surface area contributed by atoms with Crippen molar-refractivity contribution >= 4 is 0 Å². The van der Waals surface area contributed by atoms with Gasteiger partial charge in [-0.15, -0.1) is 0 Å². The Morgan fingerprint density at radius 3 is 2.79 bits per heavy atom. The fraction of sp³-hybridized carbons (Fsp3) is 0.571. The third-order valence-electron chi connectivity index (χ3n) is 6.87. The van der Waals surface area contributed by atoms with Crippen molar-refractivity contribution in [1.29, 1.82) is 0 Å². The van der Waals surface area contributed by atoms with Crippen LogP contribution in [-0.2, 0) is 13.1 Å².